The molecule has 0 bridgehead atoms. The lowest BCUT2D eigenvalue weighted by Gasteiger charge is -2.24. The van der Waals surface area contributed by atoms with Crippen molar-refractivity contribution in [3.05, 3.63) is 0 Å². The summed E-state index contributed by atoms with van der Waals surface area (Å²) in [6.45, 7) is 0. The zero-order valence-electron chi connectivity index (χ0n) is 10.9. The molecule has 2 fully saturated rings. The largest absolute Gasteiger partial charge is 0.375 e. The molecule has 0 aromatic carbocycles. The van der Waals surface area contributed by atoms with Gasteiger partial charge in [0.15, 0.2) is 11.2 Å². The van der Waals surface area contributed by atoms with Gasteiger partial charge < -0.3 is 10.2 Å². The van der Waals surface area contributed by atoms with Crippen LogP contribution in [0.4, 0.5) is 0 Å². The number of aliphatic hydroxyl groups is 2. The summed E-state index contributed by atoms with van der Waals surface area (Å²) in [5.74, 6) is 0. The van der Waals surface area contributed by atoms with E-state index in [1.807, 2.05) is 12.1 Å². The Morgan fingerprint density at radius 2 is 0.889 bits per heavy atom. The van der Waals surface area contributed by atoms with Crippen molar-refractivity contribution in [1.82, 2.24) is 0 Å². The SMILES string of the molecule is N#CC1(O)CCCCC1.N#CC1(O)CCCCC1. The van der Waals surface area contributed by atoms with Crippen molar-refractivity contribution in [2.75, 3.05) is 0 Å². The molecule has 0 saturated heterocycles. The summed E-state index contributed by atoms with van der Waals surface area (Å²) in [4.78, 5) is 0. The molecule has 2 aliphatic carbocycles. The van der Waals surface area contributed by atoms with Gasteiger partial charge >= 0.3 is 0 Å². The van der Waals surface area contributed by atoms with Crippen molar-refractivity contribution >= 4 is 0 Å². The molecule has 18 heavy (non-hydrogen) atoms. The van der Waals surface area contributed by atoms with Crippen molar-refractivity contribution in [1.29, 1.82) is 10.5 Å². The van der Waals surface area contributed by atoms with Crippen molar-refractivity contribution in [2.24, 2.45) is 0 Å². The second-order valence-corrected chi connectivity index (χ2v) is 5.41. The molecule has 2 rings (SSSR count). The Kier molecular flexibility index (Phi) is 5.59. The zero-order valence-corrected chi connectivity index (χ0v) is 10.9. The standard InChI is InChI=1S/2C7H11NO/c2*8-6-7(9)4-2-1-3-5-7/h2*9H,1-5H2. The van der Waals surface area contributed by atoms with Crippen LogP contribution in [0.25, 0.3) is 0 Å². The van der Waals surface area contributed by atoms with E-state index in [-0.39, 0.29) is 0 Å². The van der Waals surface area contributed by atoms with Crippen LogP contribution in [0.3, 0.4) is 0 Å². The quantitative estimate of drug-likeness (QED) is 0.646. The third kappa shape index (κ3) is 4.64. The average molecular weight is 250 g/mol. The van der Waals surface area contributed by atoms with Crippen molar-refractivity contribution in [3.8, 4) is 12.1 Å². The molecule has 0 heterocycles. The topological polar surface area (TPSA) is 88.0 Å². The lowest BCUT2D eigenvalue weighted by molar-refractivity contribution is 0.0585. The number of hydrogen-bond donors (Lipinski definition) is 2. The van der Waals surface area contributed by atoms with E-state index in [2.05, 4.69) is 0 Å². The third-order valence-corrected chi connectivity index (χ3v) is 3.78. The maximum absolute atomic E-state index is 9.32. The zero-order chi connectivity index (χ0) is 13.5. The molecule has 0 atom stereocenters. The minimum absolute atomic E-state index is 0.670. The van der Waals surface area contributed by atoms with Gasteiger partial charge in [-0.15, -0.1) is 0 Å². The molecule has 0 unspecified atom stereocenters. The van der Waals surface area contributed by atoms with E-state index in [1.54, 1.807) is 0 Å². The Morgan fingerprint density at radius 1 is 0.611 bits per heavy atom. The van der Waals surface area contributed by atoms with Crippen LogP contribution in [0.5, 0.6) is 0 Å². The van der Waals surface area contributed by atoms with Gasteiger partial charge in [0.05, 0.1) is 12.1 Å². The van der Waals surface area contributed by atoms with E-state index in [1.165, 1.54) is 12.8 Å². The van der Waals surface area contributed by atoms with Crippen LogP contribution < -0.4 is 0 Å². The second kappa shape index (κ2) is 6.73. The van der Waals surface area contributed by atoms with Crippen LogP contribution >= 0.6 is 0 Å². The number of hydrogen-bond acceptors (Lipinski definition) is 4. The van der Waals surface area contributed by atoms with E-state index >= 15 is 0 Å². The summed E-state index contributed by atoms with van der Waals surface area (Å²) in [6.07, 6.45) is 9.04. The summed E-state index contributed by atoms with van der Waals surface area (Å²) in [5, 5.41) is 35.5. The highest BCUT2D eigenvalue weighted by molar-refractivity contribution is 5.01. The predicted octanol–water partition coefficient (Wildman–Crippen LogP) is 2.41. The summed E-state index contributed by atoms with van der Waals surface area (Å²) in [7, 11) is 0. The Balaban J connectivity index is 0.000000180. The molecule has 0 aromatic heterocycles. The Hall–Kier alpha value is -1.10. The first-order valence-electron chi connectivity index (χ1n) is 6.81. The maximum Gasteiger partial charge on any atom is 0.151 e. The van der Waals surface area contributed by atoms with Gasteiger partial charge in [-0.1, -0.05) is 12.8 Å². The highest BCUT2D eigenvalue weighted by Crippen LogP contribution is 2.27. The van der Waals surface area contributed by atoms with Gasteiger partial charge in [-0.3, -0.25) is 0 Å². The number of rotatable bonds is 0. The van der Waals surface area contributed by atoms with Crippen molar-refractivity contribution in [3.63, 3.8) is 0 Å². The molecule has 0 amide bonds. The molecular weight excluding hydrogens is 228 g/mol. The first kappa shape index (κ1) is 15.0. The second-order valence-electron chi connectivity index (χ2n) is 5.41. The van der Waals surface area contributed by atoms with E-state index in [4.69, 9.17) is 10.5 Å². The Bertz CT molecular complexity index is 295. The van der Waals surface area contributed by atoms with Crippen LogP contribution in [-0.4, -0.2) is 21.4 Å². The van der Waals surface area contributed by atoms with Crippen LogP contribution in [0.1, 0.15) is 64.2 Å². The molecule has 2 N–H and O–H groups in total. The Morgan fingerprint density at radius 3 is 1.06 bits per heavy atom. The van der Waals surface area contributed by atoms with Gasteiger partial charge in [-0.25, -0.2) is 0 Å². The van der Waals surface area contributed by atoms with Gasteiger partial charge in [-0.2, -0.15) is 10.5 Å². The van der Waals surface area contributed by atoms with E-state index in [0.717, 1.165) is 25.7 Å². The van der Waals surface area contributed by atoms with Crippen LogP contribution in [0, 0.1) is 22.7 Å². The average Bonchev–Trinajstić information content (AvgIpc) is 2.41. The molecule has 2 saturated carbocycles. The fourth-order valence-corrected chi connectivity index (χ4v) is 2.50. The van der Waals surface area contributed by atoms with Gasteiger partial charge in [0.25, 0.3) is 0 Å². The monoisotopic (exact) mass is 250 g/mol. The van der Waals surface area contributed by atoms with E-state index in [0.29, 0.717) is 25.7 Å². The lowest BCUT2D eigenvalue weighted by atomic mass is 9.86. The molecule has 0 radical (unpaired) electrons. The highest BCUT2D eigenvalue weighted by atomic mass is 16.3. The molecular formula is C14H22N2O2. The lowest BCUT2D eigenvalue weighted by Crippen LogP contribution is -2.28. The van der Waals surface area contributed by atoms with Crippen LogP contribution in [0.15, 0.2) is 0 Å². The molecule has 4 nitrogen and oxygen atoms in total. The smallest absolute Gasteiger partial charge is 0.151 e. The summed E-state index contributed by atoms with van der Waals surface area (Å²) >= 11 is 0. The summed E-state index contributed by atoms with van der Waals surface area (Å²) < 4.78 is 0. The van der Waals surface area contributed by atoms with E-state index in [9.17, 15) is 10.2 Å². The van der Waals surface area contributed by atoms with Gasteiger partial charge in [-0.05, 0) is 51.4 Å². The predicted molar refractivity (Wildman–Crippen MR) is 67.3 cm³/mol. The molecule has 0 aromatic rings. The van der Waals surface area contributed by atoms with E-state index < -0.39 is 11.2 Å². The molecule has 0 spiro atoms. The molecule has 100 valence electrons. The van der Waals surface area contributed by atoms with Crippen molar-refractivity contribution < 1.29 is 10.2 Å². The van der Waals surface area contributed by atoms with Gasteiger partial charge in [0, 0.05) is 0 Å². The first-order valence-corrected chi connectivity index (χ1v) is 6.81. The first-order chi connectivity index (χ1) is 8.54. The fraction of sp³-hybridized carbons (Fsp3) is 0.857. The van der Waals surface area contributed by atoms with Gasteiger partial charge in [0.1, 0.15) is 0 Å². The Labute approximate surface area is 109 Å². The number of nitriles is 2. The summed E-state index contributed by atoms with van der Waals surface area (Å²) in [5.41, 5.74) is -1.95. The molecule has 0 aliphatic heterocycles. The maximum atomic E-state index is 9.32. The number of nitrogens with zero attached hydrogens (tertiary/aromatic N) is 2. The van der Waals surface area contributed by atoms with Crippen LogP contribution in [-0.2, 0) is 0 Å². The third-order valence-electron chi connectivity index (χ3n) is 3.78. The minimum Gasteiger partial charge on any atom is -0.375 e. The highest BCUT2D eigenvalue weighted by Gasteiger charge is 2.28. The minimum atomic E-state index is -0.974. The fourth-order valence-electron chi connectivity index (χ4n) is 2.50. The van der Waals surface area contributed by atoms with Crippen LogP contribution in [0.2, 0.25) is 0 Å². The molecule has 4 heteroatoms. The molecule has 2 aliphatic rings. The summed E-state index contributed by atoms with van der Waals surface area (Å²) in [6, 6.07) is 3.87. The van der Waals surface area contributed by atoms with Gasteiger partial charge in [0.2, 0.25) is 0 Å². The van der Waals surface area contributed by atoms with Crippen molar-refractivity contribution in [2.45, 2.75) is 75.4 Å². The normalized spacial score (nSPS) is 24.9.